The minimum absolute atomic E-state index is 0.0397. The molecule has 1 aliphatic rings. The van der Waals surface area contributed by atoms with Crippen molar-refractivity contribution < 1.29 is 13.6 Å². The number of pyridine rings is 2. The summed E-state index contributed by atoms with van der Waals surface area (Å²) in [6, 6.07) is 7.73. The molecule has 6 nitrogen and oxygen atoms in total. The van der Waals surface area contributed by atoms with Gasteiger partial charge in [-0.25, -0.2) is 13.8 Å². The van der Waals surface area contributed by atoms with Gasteiger partial charge in [-0.2, -0.15) is 5.26 Å². The molecule has 1 amide bonds. The molecule has 4 rings (SSSR count). The molecule has 1 fully saturated rings. The van der Waals surface area contributed by atoms with Crippen LogP contribution in [0.2, 0.25) is 0 Å². The van der Waals surface area contributed by atoms with Gasteiger partial charge in [0.25, 0.3) is 11.8 Å². The lowest BCUT2D eigenvalue weighted by Gasteiger charge is -2.31. The number of hydrogen-bond acceptors (Lipinski definition) is 4. The number of nitrogens with zero attached hydrogens (tertiary/aromatic N) is 5. The van der Waals surface area contributed by atoms with E-state index in [0.717, 1.165) is 16.6 Å². The molecule has 0 atom stereocenters. The summed E-state index contributed by atoms with van der Waals surface area (Å²) >= 11 is 0. The van der Waals surface area contributed by atoms with Gasteiger partial charge in [-0.05, 0) is 37.6 Å². The Morgan fingerprint density at radius 2 is 1.93 bits per heavy atom. The maximum Gasteiger partial charge on any atom is 0.255 e. The van der Waals surface area contributed by atoms with Crippen molar-refractivity contribution in [2.24, 2.45) is 0 Å². The zero-order chi connectivity index (χ0) is 21.5. The Labute approximate surface area is 172 Å². The largest absolute Gasteiger partial charge is 0.338 e. The Morgan fingerprint density at radius 1 is 1.20 bits per heavy atom. The highest BCUT2D eigenvalue weighted by molar-refractivity contribution is 5.97. The molecule has 154 valence electrons. The van der Waals surface area contributed by atoms with E-state index in [1.807, 2.05) is 36.7 Å². The summed E-state index contributed by atoms with van der Waals surface area (Å²) in [6.45, 7) is 3.73. The maximum absolute atomic E-state index is 13.4. The molecule has 4 heterocycles. The van der Waals surface area contributed by atoms with Crippen LogP contribution in [-0.4, -0.2) is 44.4 Å². The number of likely N-dealkylation sites (tertiary alicyclic amines) is 1. The first-order valence-electron chi connectivity index (χ1n) is 9.72. The standard InChI is InChI=1S/C22H21F2N5O/c1-21(2,14-25)17-10-18(13-26-12-17)29-6-3-15-9-16(11-27-19(15)29)20(30)28-7-4-22(23,24)5-8-28/h3,6,9-13H,4-5,7-8H2,1-2H3. The predicted octanol–water partition coefficient (Wildman–Crippen LogP) is 4.09. The van der Waals surface area contributed by atoms with Gasteiger partial charge in [0.15, 0.2) is 0 Å². The third-order valence-corrected chi connectivity index (χ3v) is 5.56. The Morgan fingerprint density at radius 3 is 2.63 bits per heavy atom. The van der Waals surface area contributed by atoms with E-state index in [2.05, 4.69) is 16.0 Å². The summed E-state index contributed by atoms with van der Waals surface area (Å²) in [6.07, 6.45) is 6.04. The van der Waals surface area contributed by atoms with Crippen LogP contribution < -0.4 is 0 Å². The molecule has 0 bridgehead atoms. The molecule has 0 saturated carbocycles. The van der Waals surface area contributed by atoms with E-state index in [-0.39, 0.29) is 31.8 Å². The molecule has 0 radical (unpaired) electrons. The van der Waals surface area contributed by atoms with Crippen LogP contribution in [0.3, 0.4) is 0 Å². The molecule has 1 saturated heterocycles. The molecule has 0 unspecified atom stereocenters. The van der Waals surface area contributed by atoms with Crippen molar-refractivity contribution >= 4 is 16.9 Å². The summed E-state index contributed by atoms with van der Waals surface area (Å²) in [5.74, 6) is -2.98. The molecule has 1 aliphatic heterocycles. The molecule has 0 aromatic carbocycles. The first-order chi connectivity index (χ1) is 14.2. The highest BCUT2D eigenvalue weighted by atomic mass is 19.3. The molecular formula is C22H21F2N5O. The van der Waals surface area contributed by atoms with Crippen LogP contribution in [-0.2, 0) is 5.41 Å². The Kier molecular flexibility index (Phi) is 4.77. The third-order valence-electron chi connectivity index (χ3n) is 5.56. The molecule has 0 N–H and O–H groups in total. The minimum Gasteiger partial charge on any atom is -0.338 e. The monoisotopic (exact) mass is 409 g/mol. The number of fused-ring (bicyclic) bond motifs is 1. The number of alkyl halides is 2. The average Bonchev–Trinajstić information content (AvgIpc) is 3.16. The van der Waals surface area contributed by atoms with Gasteiger partial charge in [0.1, 0.15) is 5.65 Å². The quantitative estimate of drug-likeness (QED) is 0.653. The maximum atomic E-state index is 13.4. The van der Waals surface area contributed by atoms with Crippen LogP contribution in [0.1, 0.15) is 42.6 Å². The summed E-state index contributed by atoms with van der Waals surface area (Å²) < 4.78 is 28.6. The fourth-order valence-corrected chi connectivity index (χ4v) is 3.53. The second-order valence-corrected chi connectivity index (χ2v) is 8.14. The molecular weight excluding hydrogens is 388 g/mol. The van der Waals surface area contributed by atoms with Gasteiger partial charge < -0.3 is 4.90 Å². The van der Waals surface area contributed by atoms with Gasteiger partial charge in [0.05, 0.1) is 28.9 Å². The fourth-order valence-electron chi connectivity index (χ4n) is 3.53. The number of aromatic nitrogens is 3. The van der Waals surface area contributed by atoms with Gasteiger partial charge in [0, 0.05) is 49.9 Å². The van der Waals surface area contributed by atoms with Crippen molar-refractivity contribution in [1.29, 1.82) is 5.26 Å². The smallest absolute Gasteiger partial charge is 0.255 e. The molecule has 3 aromatic heterocycles. The number of halogens is 2. The lowest BCUT2D eigenvalue weighted by atomic mass is 9.87. The van der Waals surface area contributed by atoms with E-state index < -0.39 is 11.3 Å². The van der Waals surface area contributed by atoms with E-state index in [1.54, 1.807) is 18.5 Å². The number of rotatable bonds is 3. The summed E-state index contributed by atoms with van der Waals surface area (Å²) in [7, 11) is 0. The average molecular weight is 409 g/mol. The van der Waals surface area contributed by atoms with E-state index in [9.17, 15) is 18.8 Å². The molecule has 3 aromatic rings. The second-order valence-electron chi connectivity index (χ2n) is 8.14. The van der Waals surface area contributed by atoms with Crippen LogP contribution in [0.15, 0.2) is 43.0 Å². The van der Waals surface area contributed by atoms with Crippen molar-refractivity contribution in [2.45, 2.75) is 38.0 Å². The van der Waals surface area contributed by atoms with Crippen LogP contribution in [0.5, 0.6) is 0 Å². The number of carbonyl (C=O) groups excluding carboxylic acids is 1. The van der Waals surface area contributed by atoms with Gasteiger partial charge in [-0.15, -0.1) is 0 Å². The number of piperidine rings is 1. The van der Waals surface area contributed by atoms with Gasteiger partial charge in [-0.3, -0.25) is 14.3 Å². The van der Waals surface area contributed by atoms with Crippen LogP contribution in [0.4, 0.5) is 8.78 Å². The summed E-state index contributed by atoms with van der Waals surface area (Å²) in [5.41, 5.74) is 1.90. The molecule has 0 spiro atoms. The molecule has 8 heteroatoms. The van der Waals surface area contributed by atoms with Crippen LogP contribution >= 0.6 is 0 Å². The van der Waals surface area contributed by atoms with Gasteiger partial charge in [0.2, 0.25) is 0 Å². The molecule has 0 aliphatic carbocycles. The van der Waals surface area contributed by atoms with E-state index >= 15 is 0 Å². The lowest BCUT2D eigenvalue weighted by Crippen LogP contribution is -2.42. The first kappa shape index (κ1) is 20.0. The Bertz CT molecular complexity index is 1150. The summed E-state index contributed by atoms with van der Waals surface area (Å²) in [5, 5.41) is 10.1. The second kappa shape index (κ2) is 7.17. The Balaban J connectivity index is 1.63. The zero-order valence-corrected chi connectivity index (χ0v) is 16.8. The van der Waals surface area contributed by atoms with Gasteiger partial charge >= 0.3 is 0 Å². The number of nitriles is 1. The van der Waals surface area contributed by atoms with Crippen LogP contribution in [0, 0.1) is 11.3 Å². The van der Waals surface area contributed by atoms with Crippen molar-refractivity contribution in [3.63, 3.8) is 0 Å². The number of amides is 1. The van der Waals surface area contributed by atoms with Crippen molar-refractivity contribution in [3.8, 4) is 11.8 Å². The predicted molar refractivity (Wildman–Crippen MR) is 108 cm³/mol. The van der Waals surface area contributed by atoms with Gasteiger partial charge in [-0.1, -0.05) is 0 Å². The van der Waals surface area contributed by atoms with Crippen LogP contribution in [0.25, 0.3) is 16.7 Å². The summed E-state index contributed by atoms with van der Waals surface area (Å²) in [4.78, 5) is 22.9. The highest BCUT2D eigenvalue weighted by Crippen LogP contribution is 2.29. The first-order valence-corrected chi connectivity index (χ1v) is 9.72. The lowest BCUT2D eigenvalue weighted by molar-refractivity contribution is -0.0494. The topological polar surface area (TPSA) is 74.8 Å². The van der Waals surface area contributed by atoms with E-state index in [4.69, 9.17) is 0 Å². The fraction of sp³-hybridized carbons (Fsp3) is 0.364. The van der Waals surface area contributed by atoms with Crippen molar-refractivity contribution in [3.05, 3.63) is 54.1 Å². The van der Waals surface area contributed by atoms with Crippen molar-refractivity contribution in [2.75, 3.05) is 13.1 Å². The van der Waals surface area contributed by atoms with E-state index in [0.29, 0.717) is 11.2 Å². The number of carbonyl (C=O) groups is 1. The molecule has 30 heavy (non-hydrogen) atoms. The number of hydrogen-bond donors (Lipinski definition) is 0. The minimum atomic E-state index is -2.70. The van der Waals surface area contributed by atoms with Crippen molar-refractivity contribution in [1.82, 2.24) is 19.4 Å². The zero-order valence-electron chi connectivity index (χ0n) is 16.8. The SMILES string of the molecule is CC(C)(C#N)c1cncc(-n2ccc3cc(C(=O)N4CCC(F)(F)CC4)cnc32)c1. The normalized spacial score (nSPS) is 16.4. The Hall–Kier alpha value is -3.34. The third kappa shape index (κ3) is 3.63. The van der Waals surface area contributed by atoms with E-state index in [1.165, 1.54) is 11.1 Å². The highest BCUT2D eigenvalue weighted by Gasteiger charge is 2.35.